The molecule has 0 aliphatic carbocycles. The van der Waals surface area contributed by atoms with Crippen LogP contribution in [0.4, 0.5) is 5.69 Å². The second-order valence-electron chi connectivity index (χ2n) is 3.77. The molecule has 0 aliphatic heterocycles. The fraction of sp³-hybridized carbons (Fsp3) is 0.0714. The second kappa shape index (κ2) is 6.06. The van der Waals surface area contributed by atoms with E-state index in [4.69, 9.17) is 27.4 Å². The van der Waals surface area contributed by atoms with Crippen molar-refractivity contribution in [1.82, 2.24) is 0 Å². The Bertz CT molecular complexity index is 570. The molecule has 0 radical (unpaired) electrons. The molecule has 0 fully saturated rings. The molecule has 0 atom stereocenters. The quantitative estimate of drug-likeness (QED) is 0.839. The highest BCUT2D eigenvalue weighted by Gasteiger charge is 2.04. The maximum absolute atomic E-state index is 5.74. The average molecular weight is 274 g/mol. The van der Waals surface area contributed by atoms with Crippen molar-refractivity contribution < 1.29 is 9.47 Å². The van der Waals surface area contributed by atoms with Crippen molar-refractivity contribution in [3.8, 4) is 17.2 Å². The average Bonchev–Trinajstić information content (AvgIpc) is 2.41. The SMILES string of the molecule is COc1ccccc1Oc1ccc(NC(N)=S)cc1. The largest absolute Gasteiger partial charge is 0.493 e. The number of hydrogen-bond acceptors (Lipinski definition) is 3. The van der Waals surface area contributed by atoms with Gasteiger partial charge in [-0.1, -0.05) is 12.1 Å². The maximum atomic E-state index is 5.74. The molecule has 0 saturated heterocycles. The van der Waals surface area contributed by atoms with Gasteiger partial charge in [-0.2, -0.15) is 0 Å². The van der Waals surface area contributed by atoms with E-state index in [2.05, 4.69) is 5.32 Å². The third-order valence-corrected chi connectivity index (χ3v) is 2.52. The molecule has 0 aliphatic rings. The molecule has 2 aromatic rings. The number of anilines is 1. The molecule has 0 saturated carbocycles. The highest BCUT2D eigenvalue weighted by atomic mass is 32.1. The van der Waals surface area contributed by atoms with Crippen LogP contribution in [0.1, 0.15) is 0 Å². The summed E-state index contributed by atoms with van der Waals surface area (Å²) in [5.74, 6) is 2.06. The zero-order chi connectivity index (χ0) is 13.7. The lowest BCUT2D eigenvalue weighted by molar-refractivity contribution is 0.379. The lowest BCUT2D eigenvalue weighted by atomic mass is 10.3. The van der Waals surface area contributed by atoms with Crippen molar-refractivity contribution in [3.63, 3.8) is 0 Å². The minimum atomic E-state index is 0.235. The Kier molecular flexibility index (Phi) is 4.20. The summed E-state index contributed by atoms with van der Waals surface area (Å²) in [6.45, 7) is 0. The Labute approximate surface area is 117 Å². The normalized spacial score (nSPS) is 9.74. The third-order valence-electron chi connectivity index (χ3n) is 2.42. The zero-order valence-electron chi connectivity index (χ0n) is 10.4. The van der Waals surface area contributed by atoms with Crippen LogP contribution in [-0.4, -0.2) is 12.2 Å². The molecule has 0 amide bonds. The summed E-state index contributed by atoms with van der Waals surface area (Å²) in [4.78, 5) is 0. The summed E-state index contributed by atoms with van der Waals surface area (Å²) in [5, 5.41) is 3.08. The molecular formula is C14H14N2O2S. The predicted molar refractivity (Wildman–Crippen MR) is 79.9 cm³/mol. The highest BCUT2D eigenvalue weighted by Crippen LogP contribution is 2.31. The van der Waals surface area contributed by atoms with E-state index >= 15 is 0 Å². The predicted octanol–water partition coefficient (Wildman–Crippen LogP) is 3.14. The number of rotatable bonds is 4. The first-order chi connectivity index (χ1) is 9.19. The number of nitrogens with two attached hydrogens (primary N) is 1. The van der Waals surface area contributed by atoms with Gasteiger partial charge in [0.2, 0.25) is 0 Å². The molecule has 0 bridgehead atoms. The van der Waals surface area contributed by atoms with E-state index in [0.29, 0.717) is 17.2 Å². The van der Waals surface area contributed by atoms with Gasteiger partial charge in [-0.05, 0) is 48.6 Å². The molecular weight excluding hydrogens is 260 g/mol. The van der Waals surface area contributed by atoms with Crippen LogP contribution in [-0.2, 0) is 0 Å². The zero-order valence-corrected chi connectivity index (χ0v) is 11.2. The standard InChI is InChI=1S/C14H14N2O2S/c1-17-12-4-2-3-5-13(12)18-11-8-6-10(7-9-11)16-14(15)19/h2-9H,1H3,(H3,15,16,19). The first-order valence-electron chi connectivity index (χ1n) is 5.66. The van der Waals surface area contributed by atoms with E-state index in [1.165, 1.54) is 0 Å². The number of nitrogens with one attached hydrogen (secondary N) is 1. The van der Waals surface area contributed by atoms with Crippen LogP contribution in [0.15, 0.2) is 48.5 Å². The van der Waals surface area contributed by atoms with Gasteiger partial charge in [-0.25, -0.2) is 0 Å². The molecule has 0 heterocycles. The van der Waals surface area contributed by atoms with Crippen LogP contribution in [0, 0.1) is 0 Å². The van der Waals surface area contributed by atoms with Crippen molar-refractivity contribution in [1.29, 1.82) is 0 Å². The maximum Gasteiger partial charge on any atom is 0.169 e. The van der Waals surface area contributed by atoms with Gasteiger partial charge in [0.05, 0.1) is 7.11 Å². The fourth-order valence-corrected chi connectivity index (χ4v) is 1.70. The van der Waals surface area contributed by atoms with Crippen molar-refractivity contribution in [3.05, 3.63) is 48.5 Å². The smallest absolute Gasteiger partial charge is 0.169 e. The van der Waals surface area contributed by atoms with E-state index in [-0.39, 0.29) is 5.11 Å². The first kappa shape index (κ1) is 13.2. The highest BCUT2D eigenvalue weighted by molar-refractivity contribution is 7.80. The van der Waals surface area contributed by atoms with Crippen molar-refractivity contribution in [2.45, 2.75) is 0 Å². The van der Waals surface area contributed by atoms with E-state index in [1.54, 1.807) is 7.11 Å². The van der Waals surface area contributed by atoms with Crippen molar-refractivity contribution in [2.24, 2.45) is 5.73 Å². The Balaban J connectivity index is 2.13. The molecule has 0 spiro atoms. The number of hydrogen-bond donors (Lipinski definition) is 2. The van der Waals surface area contributed by atoms with Crippen LogP contribution in [0.3, 0.4) is 0 Å². The molecule has 5 heteroatoms. The van der Waals surface area contributed by atoms with Gasteiger partial charge in [0, 0.05) is 5.69 Å². The first-order valence-corrected chi connectivity index (χ1v) is 6.07. The summed E-state index contributed by atoms with van der Waals surface area (Å²) in [7, 11) is 1.61. The molecule has 0 unspecified atom stereocenters. The van der Waals surface area contributed by atoms with Crippen LogP contribution in [0.2, 0.25) is 0 Å². The van der Waals surface area contributed by atoms with E-state index in [1.807, 2.05) is 48.5 Å². The third kappa shape index (κ3) is 3.59. The van der Waals surface area contributed by atoms with Gasteiger partial charge < -0.3 is 20.5 Å². The van der Waals surface area contributed by atoms with Crippen LogP contribution < -0.4 is 20.5 Å². The number of benzene rings is 2. The summed E-state index contributed by atoms with van der Waals surface area (Å²) in [6.07, 6.45) is 0. The Hall–Kier alpha value is -2.27. The number of thiocarbonyl (C=S) groups is 1. The summed E-state index contributed by atoms with van der Waals surface area (Å²) in [6, 6.07) is 14.8. The van der Waals surface area contributed by atoms with E-state index < -0.39 is 0 Å². The van der Waals surface area contributed by atoms with Gasteiger partial charge in [-0.15, -0.1) is 0 Å². The van der Waals surface area contributed by atoms with Gasteiger partial charge in [-0.3, -0.25) is 0 Å². The van der Waals surface area contributed by atoms with Gasteiger partial charge >= 0.3 is 0 Å². The lowest BCUT2D eigenvalue weighted by Crippen LogP contribution is -2.18. The van der Waals surface area contributed by atoms with Gasteiger partial charge in [0.1, 0.15) is 5.75 Å². The Morgan fingerprint density at radius 3 is 2.26 bits per heavy atom. The van der Waals surface area contributed by atoms with Crippen LogP contribution in [0.5, 0.6) is 17.2 Å². The summed E-state index contributed by atoms with van der Waals surface area (Å²) >= 11 is 4.77. The second-order valence-corrected chi connectivity index (χ2v) is 4.21. The molecule has 3 N–H and O–H groups in total. The number of methoxy groups -OCH3 is 1. The Morgan fingerprint density at radius 1 is 1.05 bits per heavy atom. The number of para-hydroxylation sites is 2. The van der Waals surface area contributed by atoms with E-state index in [0.717, 1.165) is 5.69 Å². The summed E-state index contributed by atoms with van der Waals surface area (Å²) < 4.78 is 11.0. The van der Waals surface area contributed by atoms with Gasteiger partial charge in [0.25, 0.3) is 0 Å². The van der Waals surface area contributed by atoms with Crippen LogP contribution in [0.25, 0.3) is 0 Å². The molecule has 2 aromatic carbocycles. The fourth-order valence-electron chi connectivity index (χ4n) is 1.58. The molecule has 19 heavy (non-hydrogen) atoms. The molecule has 2 rings (SSSR count). The van der Waals surface area contributed by atoms with Crippen LogP contribution >= 0.6 is 12.2 Å². The van der Waals surface area contributed by atoms with E-state index in [9.17, 15) is 0 Å². The van der Waals surface area contributed by atoms with Crippen molar-refractivity contribution in [2.75, 3.05) is 12.4 Å². The summed E-state index contributed by atoms with van der Waals surface area (Å²) in [5.41, 5.74) is 6.22. The minimum Gasteiger partial charge on any atom is -0.493 e. The molecule has 0 aromatic heterocycles. The van der Waals surface area contributed by atoms with Crippen molar-refractivity contribution >= 4 is 23.0 Å². The lowest BCUT2D eigenvalue weighted by Gasteiger charge is -2.10. The van der Waals surface area contributed by atoms with Gasteiger partial charge in [0.15, 0.2) is 16.6 Å². The molecule has 98 valence electrons. The minimum absolute atomic E-state index is 0.235. The number of ether oxygens (including phenoxy) is 2. The topological polar surface area (TPSA) is 56.5 Å². The molecule has 4 nitrogen and oxygen atoms in total. The Morgan fingerprint density at radius 2 is 1.68 bits per heavy atom. The monoisotopic (exact) mass is 274 g/mol.